The zero-order chi connectivity index (χ0) is 14.0. The summed E-state index contributed by atoms with van der Waals surface area (Å²) in [6.07, 6.45) is 3.51. The van der Waals surface area contributed by atoms with E-state index in [-0.39, 0.29) is 6.04 Å². The van der Waals surface area contributed by atoms with E-state index >= 15 is 0 Å². The van der Waals surface area contributed by atoms with Gasteiger partial charge >= 0.3 is 0 Å². The Kier molecular flexibility index (Phi) is 4.91. The number of hydrogen-bond acceptors (Lipinski definition) is 2. The van der Waals surface area contributed by atoms with Crippen molar-refractivity contribution in [1.82, 2.24) is 0 Å². The summed E-state index contributed by atoms with van der Waals surface area (Å²) in [5.74, 6) is 0.849. The minimum atomic E-state index is 0.215. The molecule has 106 valence electrons. The van der Waals surface area contributed by atoms with Crippen LogP contribution in [0.15, 0.2) is 22.7 Å². The SMILES string of the molecule is CC(N)Cc1ccc(N2CCC(C)CC2C)c(Br)c1. The molecule has 1 saturated heterocycles. The van der Waals surface area contributed by atoms with E-state index < -0.39 is 0 Å². The Balaban J connectivity index is 2.16. The first-order chi connectivity index (χ1) is 8.97. The van der Waals surface area contributed by atoms with Crippen LogP contribution in [0.5, 0.6) is 0 Å². The van der Waals surface area contributed by atoms with Crippen LogP contribution >= 0.6 is 15.9 Å². The zero-order valence-corrected chi connectivity index (χ0v) is 13.8. The Bertz CT molecular complexity index is 431. The standard InChI is InChI=1S/C16H25BrN2/c1-11-6-7-19(13(3)8-11)16-5-4-14(9-12(2)18)10-15(16)17/h4-5,10-13H,6-9,18H2,1-3H3. The van der Waals surface area contributed by atoms with Crippen LogP contribution < -0.4 is 10.6 Å². The van der Waals surface area contributed by atoms with E-state index in [0.717, 1.165) is 18.9 Å². The van der Waals surface area contributed by atoms with E-state index in [1.54, 1.807) is 0 Å². The molecule has 0 amide bonds. The molecule has 0 aliphatic carbocycles. The minimum absolute atomic E-state index is 0.215. The van der Waals surface area contributed by atoms with Crippen LogP contribution in [0, 0.1) is 5.92 Å². The van der Waals surface area contributed by atoms with Gasteiger partial charge in [0.15, 0.2) is 0 Å². The molecule has 1 aliphatic rings. The van der Waals surface area contributed by atoms with Crippen molar-refractivity contribution in [2.75, 3.05) is 11.4 Å². The quantitative estimate of drug-likeness (QED) is 0.911. The Morgan fingerprint density at radius 3 is 2.74 bits per heavy atom. The number of rotatable bonds is 3. The normalized spacial score (nSPS) is 25.4. The molecule has 0 spiro atoms. The maximum absolute atomic E-state index is 5.87. The molecule has 3 unspecified atom stereocenters. The van der Waals surface area contributed by atoms with E-state index in [0.29, 0.717) is 6.04 Å². The average Bonchev–Trinajstić information content (AvgIpc) is 2.30. The van der Waals surface area contributed by atoms with Crippen molar-refractivity contribution < 1.29 is 0 Å². The topological polar surface area (TPSA) is 29.3 Å². The Labute approximate surface area is 125 Å². The second-order valence-electron chi connectivity index (χ2n) is 6.14. The van der Waals surface area contributed by atoms with Crippen molar-refractivity contribution in [2.24, 2.45) is 11.7 Å². The van der Waals surface area contributed by atoms with Gasteiger partial charge in [0.2, 0.25) is 0 Å². The van der Waals surface area contributed by atoms with Gasteiger partial charge in [-0.2, -0.15) is 0 Å². The minimum Gasteiger partial charge on any atom is -0.368 e. The van der Waals surface area contributed by atoms with Crippen LogP contribution in [0.1, 0.15) is 39.2 Å². The summed E-state index contributed by atoms with van der Waals surface area (Å²) in [4.78, 5) is 2.53. The van der Waals surface area contributed by atoms with Gasteiger partial charge in [-0.3, -0.25) is 0 Å². The third-order valence-electron chi connectivity index (χ3n) is 4.02. The fourth-order valence-corrected chi connectivity index (χ4v) is 3.70. The largest absolute Gasteiger partial charge is 0.368 e. The summed E-state index contributed by atoms with van der Waals surface area (Å²) in [6.45, 7) is 7.90. The average molecular weight is 325 g/mol. The summed E-state index contributed by atoms with van der Waals surface area (Å²) in [5.41, 5.74) is 8.50. The monoisotopic (exact) mass is 324 g/mol. The number of halogens is 1. The summed E-state index contributed by atoms with van der Waals surface area (Å²) >= 11 is 3.73. The van der Waals surface area contributed by atoms with Crippen molar-refractivity contribution in [3.8, 4) is 0 Å². The van der Waals surface area contributed by atoms with Crippen LogP contribution in [0.3, 0.4) is 0 Å². The Morgan fingerprint density at radius 2 is 2.16 bits per heavy atom. The molecule has 1 heterocycles. The molecule has 1 aromatic rings. The van der Waals surface area contributed by atoms with Crippen LogP contribution in [0.4, 0.5) is 5.69 Å². The summed E-state index contributed by atoms with van der Waals surface area (Å²) < 4.78 is 1.20. The fourth-order valence-electron chi connectivity index (χ4n) is 3.05. The summed E-state index contributed by atoms with van der Waals surface area (Å²) in [5, 5.41) is 0. The van der Waals surface area contributed by atoms with Gasteiger partial charge in [0, 0.05) is 23.1 Å². The number of benzene rings is 1. The maximum Gasteiger partial charge on any atom is 0.0513 e. The molecule has 3 heteroatoms. The van der Waals surface area contributed by atoms with Crippen molar-refractivity contribution in [1.29, 1.82) is 0 Å². The van der Waals surface area contributed by atoms with E-state index in [1.165, 1.54) is 28.6 Å². The molecule has 0 radical (unpaired) electrons. The Morgan fingerprint density at radius 1 is 1.42 bits per heavy atom. The highest BCUT2D eigenvalue weighted by atomic mass is 79.9. The number of anilines is 1. The molecule has 3 atom stereocenters. The third-order valence-corrected chi connectivity index (χ3v) is 4.65. The lowest BCUT2D eigenvalue weighted by Gasteiger charge is -2.39. The Hall–Kier alpha value is -0.540. The van der Waals surface area contributed by atoms with Gasteiger partial charge in [0.05, 0.1) is 5.69 Å². The second-order valence-corrected chi connectivity index (χ2v) is 6.99. The lowest BCUT2D eigenvalue weighted by atomic mass is 9.93. The lowest BCUT2D eigenvalue weighted by Crippen LogP contribution is -2.40. The first-order valence-electron chi connectivity index (χ1n) is 7.28. The van der Waals surface area contributed by atoms with Crippen molar-refractivity contribution in [3.05, 3.63) is 28.2 Å². The molecular formula is C16H25BrN2. The van der Waals surface area contributed by atoms with Crippen LogP contribution in [0.25, 0.3) is 0 Å². The molecule has 0 aromatic heterocycles. The summed E-state index contributed by atoms with van der Waals surface area (Å²) in [6, 6.07) is 7.53. The van der Waals surface area contributed by atoms with Gasteiger partial charge in [0.1, 0.15) is 0 Å². The molecule has 0 saturated carbocycles. The molecule has 2 N–H and O–H groups in total. The van der Waals surface area contributed by atoms with Gasteiger partial charge in [0.25, 0.3) is 0 Å². The summed E-state index contributed by atoms with van der Waals surface area (Å²) in [7, 11) is 0. The van der Waals surface area contributed by atoms with E-state index in [2.05, 4.69) is 59.8 Å². The third kappa shape index (κ3) is 3.73. The first-order valence-corrected chi connectivity index (χ1v) is 8.07. The predicted octanol–water partition coefficient (Wildman–Crippen LogP) is 3.96. The van der Waals surface area contributed by atoms with Gasteiger partial charge in [-0.05, 0) is 72.7 Å². The molecule has 1 fully saturated rings. The van der Waals surface area contributed by atoms with Gasteiger partial charge < -0.3 is 10.6 Å². The van der Waals surface area contributed by atoms with E-state index in [4.69, 9.17) is 5.73 Å². The molecule has 1 aliphatic heterocycles. The second kappa shape index (κ2) is 6.27. The number of nitrogens with two attached hydrogens (primary N) is 1. The highest BCUT2D eigenvalue weighted by molar-refractivity contribution is 9.10. The first kappa shape index (κ1) is 14.9. The van der Waals surface area contributed by atoms with Gasteiger partial charge in [-0.15, -0.1) is 0 Å². The highest BCUT2D eigenvalue weighted by Gasteiger charge is 2.24. The smallest absolute Gasteiger partial charge is 0.0513 e. The predicted molar refractivity (Wildman–Crippen MR) is 86.7 cm³/mol. The maximum atomic E-state index is 5.87. The molecule has 1 aromatic carbocycles. The number of nitrogens with zero attached hydrogens (tertiary/aromatic N) is 1. The molecule has 2 nitrogen and oxygen atoms in total. The highest BCUT2D eigenvalue weighted by Crippen LogP contribution is 2.33. The van der Waals surface area contributed by atoms with Crippen LogP contribution in [-0.2, 0) is 6.42 Å². The van der Waals surface area contributed by atoms with Crippen molar-refractivity contribution >= 4 is 21.6 Å². The van der Waals surface area contributed by atoms with Crippen molar-refractivity contribution in [2.45, 2.75) is 52.1 Å². The lowest BCUT2D eigenvalue weighted by molar-refractivity contribution is 0.377. The van der Waals surface area contributed by atoms with Gasteiger partial charge in [-0.1, -0.05) is 13.0 Å². The number of hydrogen-bond donors (Lipinski definition) is 1. The van der Waals surface area contributed by atoms with E-state index in [1.807, 2.05) is 0 Å². The van der Waals surface area contributed by atoms with Crippen molar-refractivity contribution in [3.63, 3.8) is 0 Å². The molecule has 0 bridgehead atoms. The zero-order valence-electron chi connectivity index (χ0n) is 12.2. The van der Waals surface area contributed by atoms with Crippen LogP contribution in [0.2, 0.25) is 0 Å². The van der Waals surface area contributed by atoms with Crippen LogP contribution in [-0.4, -0.2) is 18.6 Å². The molecular weight excluding hydrogens is 300 g/mol. The molecule has 2 rings (SSSR count). The number of piperidine rings is 1. The fraction of sp³-hybridized carbons (Fsp3) is 0.625. The molecule has 19 heavy (non-hydrogen) atoms. The van der Waals surface area contributed by atoms with Gasteiger partial charge in [-0.25, -0.2) is 0 Å². The van der Waals surface area contributed by atoms with E-state index in [9.17, 15) is 0 Å².